The third kappa shape index (κ3) is 7.34. The number of nitrogens with zero attached hydrogens (tertiary/aromatic N) is 1. The molecule has 3 aromatic carbocycles. The molecule has 0 aliphatic carbocycles. The SMILES string of the molecule is CCCNC(=O)[C@@H](Cc1ccccc1)N(Cc1ccc(C)cc1)C(=O)Cc1ccc(Cl)c(Cl)c1. The summed E-state index contributed by atoms with van der Waals surface area (Å²) in [5.74, 6) is -0.299. The number of aryl methyl sites for hydroxylation is 1. The number of benzene rings is 3. The van der Waals surface area contributed by atoms with Gasteiger partial charge in [0.2, 0.25) is 11.8 Å². The summed E-state index contributed by atoms with van der Waals surface area (Å²) in [6.45, 7) is 4.92. The van der Waals surface area contributed by atoms with Crippen LogP contribution in [0.5, 0.6) is 0 Å². The van der Waals surface area contributed by atoms with Crippen molar-refractivity contribution >= 4 is 35.0 Å². The largest absolute Gasteiger partial charge is 0.354 e. The molecule has 0 aromatic heterocycles. The highest BCUT2D eigenvalue weighted by atomic mass is 35.5. The van der Waals surface area contributed by atoms with E-state index in [0.717, 1.165) is 28.7 Å². The monoisotopic (exact) mass is 496 g/mol. The second-order valence-corrected chi connectivity index (χ2v) is 9.24. The van der Waals surface area contributed by atoms with Gasteiger partial charge in [-0.1, -0.05) is 96.4 Å². The summed E-state index contributed by atoms with van der Waals surface area (Å²) in [7, 11) is 0. The molecule has 0 saturated heterocycles. The average Bonchev–Trinajstić information content (AvgIpc) is 2.84. The molecule has 0 saturated carbocycles. The van der Waals surface area contributed by atoms with Crippen LogP contribution < -0.4 is 5.32 Å². The molecular formula is C28H30Cl2N2O2. The van der Waals surface area contributed by atoms with Gasteiger partial charge in [-0.3, -0.25) is 9.59 Å². The Kier molecular flexibility index (Phi) is 9.55. The van der Waals surface area contributed by atoms with Crippen molar-refractivity contribution < 1.29 is 9.59 Å². The summed E-state index contributed by atoms with van der Waals surface area (Å²) in [5.41, 5.74) is 3.85. The summed E-state index contributed by atoms with van der Waals surface area (Å²) in [6, 6.07) is 22.3. The molecule has 6 heteroatoms. The van der Waals surface area contributed by atoms with Gasteiger partial charge in [-0.2, -0.15) is 0 Å². The number of carbonyl (C=O) groups is 2. The zero-order valence-corrected chi connectivity index (χ0v) is 21.1. The highest BCUT2D eigenvalue weighted by molar-refractivity contribution is 6.42. The first-order valence-corrected chi connectivity index (χ1v) is 12.2. The zero-order valence-electron chi connectivity index (χ0n) is 19.6. The van der Waals surface area contributed by atoms with E-state index >= 15 is 0 Å². The zero-order chi connectivity index (χ0) is 24.5. The third-order valence-electron chi connectivity index (χ3n) is 5.63. The van der Waals surface area contributed by atoms with Gasteiger partial charge >= 0.3 is 0 Å². The van der Waals surface area contributed by atoms with Crippen LogP contribution in [-0.2, 0) is 29.0 Å². The smallest absolute Gasteiger partial charge is 0.243 e. The summed E-state index contributed by atoms with van der Waals surface area (Å²) in [6.07, 6.45) is 1.36. The molecule has 3 rings (SSSR count). The van der Waals surface area contributed by atoms with Gasteiger partial charge in [0.25, 0.3) is 0 Å². The normalized spacial score (nSPS) is 11.6. The molecule has 4 nitrogen and oxygen atoms in total. The fourth-order valence-corrected chi connectivity index (χ4v) is 4.06. The highest BCUT2D eigenvalue weighted by Gasteiger charge is 2.30. The fraction of sp³-hybridized carbons (Fsp3) is 0.286. The second kappa shape index (κ2) is 12.6. The van der Waals surface area contributed by atoms with Crippen LogP contribution in [-0.4, -0.2) is 29.3 Å². The van der Waals surface area contributed by atoms with E-state index in [1.165, 1.54) is 0 Å². The molecule has 0 aliphatic heterocycles. The number of nitrogens with one attached hydrogen (secondary N) is 1. The first-order valence-electron chi connectivity index (χ1n) is 11.5. The first-order chi connectivity index (χ1) is 16.4. The summed E-state index contributed by atoms with van der Waals surface area (Å²) in [4.78, 5) is 28.6. The van der Waals surface area contributed by atoms with E-state index in [-0.39, 0.29) is 18.2 Å². The fourth-order valence-electron chi connectivity index (χ4n) is 3.74. The Morgan fingerprint density at radius 1 is 0.882 bits per heavy atom. The van der Waals surface area contributed by atoms with E-state index in [4.69, 9.17) is 23.2 Å². The minimum absolute atomic E-state index is 0.120. The average molecular weight is 497 g/mol. The highest BCUT2D eigenvalue weighted by Crippen LogP contribution is 2.24. The van der Waals surface area contributed by atoms with Crippen molar-refractivity contribution in [2.24, 2.45) is 0 Å². The molecule has 34 heavy (non-hydrogen) atoms. The van der Waals surface area contributed by atoms with Gasteiger partial charge in [0.05, 0.1) is 16.5 Å². The molecule has 0 bridgehead atoms. The van der Waals surface area contributed by atoms with Gasteiger partial charge in [-0.15, -0.1) is 0 Å². The summed E-state index contributed by atoms with van der Waals surface area (Å²) < 4.78 is 0. The predicted molar refractivity (Wildman–Crippen MR) is 139 cm³/mol. The minimum Gasteiger partial charge on any atom is -0.354 e. The molecular weight excluding hydrogens is 467 g/mol. The second-order valence-electron chi connectivity index (χ2n) is 8.43. The van der Waals surface area contributed by atoms with Crippen LogP contribution in [0.25, 0.3) is 0 Å². The molecule has 1 atom stereocenters. The molecule has 0 radical (unpaired) electrons. The van der Waals surface area contributed by atoms with Crippen molar-refractivity contribution in [2.75, 3.05) is 6.54 Å². The maximum absolute atomic E-state index is 13.7. The van der Waals surface area contributed by atoms with Crippen LogP contribution in [0.4, 0.5) is 0 Å². The van der Waals surface area contributed by atoms with Gasteiger partial charge in [0, 0.05) is 19.5 Å². The molecule has 0 fully saturated rings. The molecule has 0 aliphatic rings. The van der Waals surface area contributed by atoms with Crippen LogP contribution >= 0.6 is 23.2 Å². The number of hydrogen-bond donors (Lipinski definition) is 1. The molecule has 2 amide bonds. The van der Waals surface area contributed by atoms with Gasteiger partial charge in [-0.05, 0) is 42.2 Å². The predicted octanol–water partition coefficient (Wildman–Crippen LogP) is 6.01. The van der Waals surface area contributed by atoms with E-state index < -0.39 is 6.04 Å². The van der Waals surface area contributed by atoms with Crippen molar-refractivity contribution in [2.45, 2.75) is 45.7 Å². The topological polar surface area (TPSA) is 49.4 Å². The molecule has 178 valence electrons. The van der Waals surface area contributed by atoms with Crippen LogP contribution in [0, 0.1) is 6.92 Å². The van der Waals surface area contributed by atoms with Crippen molar-refractivity contribution in [3.63, 3.8) is 0 Å². The Labute approximate surface area is 211 Å². The minimum atomic E-state index is -0.648. The Morgan fingerprint density at radius 3 is 2.21 bits per heavy atom. The maximum atomic E-state index is 13.7. The first kappa shape index (κ1) is 25.8. The van der Waals surface area contributed by atoms with Crippen LogP contribution in [0.3, 0.4) is 0 Å². The molecule has 0 unspecified atom stereocenters. The Balaban J connectivity index is 1.95. The van der Waals surface area contributed by atoms with Crippen molar-refractivity contribution in [3.05, 3.63) is 105 Å². The van der Waals surface area contributed by atoms with Gasteiger partial charge in [0.15, 0.2) is 0 Å². The standard InChI is InChI=1S/C28H30Cl2N2O2/c1-3-15-31-28(34)26(17-21-7-5-4-6-8-21)32(19-22-11-9-20(2)10-12-22)27(33)18-23-13-14-24(29)25(30)16-23/h4-14,16,26H,3,15,17-19H2,1-2H3,(H,31,34)/t26-/m1/s1. The van der Waals surface area contributed by atoms with E-state index in [0.29, 0.717) is 29.6 Å². The van der Waals surface area contributed by atoms with E-state index in [2.05, 4.69) is 5.32 Å². The molecule has 3 aromatic rings. The summed E-state index contributed by atoms with van der Waals surface area (Å²) >= 11 is 12.2. The molecule has 0 spiro atoms. The van der Waals surface area contributed by atoms with Crippen molar-refractivity contribution in [3.8, 4) is 0 Å². The third-order valence-corrected chi connectivity index (χ3v) is 6.37. The lowest BCUT2D eigenvalue weighted by atomic mass is 10.0. The lowest BCUT2D eigenvalue weighted by Crippen LogP contribution is -2.51. The van der Waals surface area contributed by atoms with Gasteiger partial charge in [0.1, 0.15) is 6.04 Å². The number of carbonyl (C=O) groups excluding carboxylic acids is 2. The lowest BCUT2D eigenvalue weighted by molar-refractivity contribution is -0.140. The number of hydrogen-bond acceptors (Lipinski definition) is 2. The Hall–Kier alpha value is -2.82. The van der Waals surface area contributed by atoms with Crippen LogP contribution in [0.2, 0.25) is 10.0 Å². The number of amides is 2. The van der Waals surface area contributed by atoms with E-state index in [9.17, 15) is 9.59 Å². The number of halogens is 2. The Bertz CT molecular complexity index is 1100. The van der Waals surface area contributed by atoms with Gasteiger partial charge < -0.3 is 10.2 Å². The molecule has 0 heterocycles. The van der Waals surface area contributed by atoms with E-state index in [1.807, 2.05) is 68.4 Å². The quantitative estimate of drug-likeness (QED) is 0.373. The molecule has 1 N–H and O–H groups in total. The van der Waals surface area contributed by atoms with Crippen LogP contribution in [0.1, 0.15) is 35.6 Å². The Morgan fingerprint density at radius 2 is 1.56 bits per heavy atom. The van der Waals surface area contributed by atoms with E-state index in [1.54, 1.807) is 23.1 Å². The lowest BCUT2D eigenvalue weighted by Gasteiger charge is -2.32. The number of rotatable bonds is 10. The van der Waals surface area contributed by atoms with Crippen LogP contribution in [0.15, 0.2) is 72.8 Å². The maximum Gasteiger partial charge on any atom is 0.243 e. The van der Waals surface area contributed by atoms with Crippen molar-refractivity contribution in [1.82, 2.24) is 10.2 Å². The van der Waals surface area contributed by atoms with Crippen molar-refractivity contribution in [1.29, 1.82) is 0 Å². The van der Waals surface area contributed by atoms with Gasteiger partial charge in [-0.25, -0.2) is 0 Å². The summed E-state index contributed by atoms with van der Waals surface area (Å²) in [5, 5.41) is 3.83.